The Morgan fingerprint density at radius 1 is 1.26 bits per heavy atom. The minimum absolute atomic E-state index is 0.00129. The predicted molar refractivity (Wildman–Crippen MR) is 83.1 cm³/mol. The molecule has 4 rings (SSSR count). The fourth-order valence-corrected chi connectivity index (χ4v) is 3.02. The van der Waals surface area contributed by atoms with Crippen LogP contribution in [0.15, 0.2) is 29.1 Å². The monoisotopic (exact) mass is 313 g/mol. The summed E-state index contributed by atoms with van der Waals surface area (Å²) in [7, 11) is 0. The number of carbonyl (C=O) groups excluding carboxylic acids is 1. The summed E-state index contributed by atoms with van der Waals surface area (Å²) in [6.45, 7) is 1.43. The number of hydrogen-bond acceptors (Lipinski definition) is 6. The van der Waals surface area contributed by atoms with Gasteiger partial charge in [0.2, 0.25) is 0 Å². The molecule has 1 aliphatic heterocycles. The van der Waals surface area contributed by atoms with E-state index in [9.17, 15) is 4.79 Å². The number of anilines is 1. The van der Waals surface area contributed by atoms with Crippen molar-refractivity contribution in [3.8, 4) is 0 Å². The molecule has 7 heteroatoms. The number of nitrogens with zero attached hydrogens (tertiary/aromatic N) is 4. The highest BCUT2D eigenvalue weighted by atomic mass is 16.3. The summed E-state index contributed by atoms with van der Waals surface area (Å²) in [5, 5.41) is 11.3. The predicted octanol–water partition coefficient (Wildman–Crippen LogP) is 2.06. The maximum atomic E-state index is 12.6. The molecule has 1 saturated carbocycles. The Morgan fingerprint density at radius 2 is 2.09 bits per heavy atom. The maximum absolute atomic E-state index is 12.6. The molecule has 7 nitrogen and oxygen atoms in total. The number of hydrogen-bond donors (Lipinski definition) is 1. The molecular weight excluding hydrogens is 294 g/mol. The van der Waals surface area contributed by atoms with E-state index in [2.05, 4.69) is 20.5 Å². The zero-order valence-electron chi connectivity index (χ0n) is 12.8. The van der Waals surface area contributed by atoms with Gasteiger partial charge in [-0.25, -0.2) is 4.98 Å². The molecule has 1 saturated heterocycles. The Kier molecular flexibility index (Phi) is 3.69. The molecule has 2 fully saturated rings. The summed E-state index contributed by atoms with van der Waals surface area (Å²) in [4.78, 5) is 18.7. The first kappa shape index (κ1) is 14.2. The van der Waals surface area contributed by atoms with Crippen LogP contribution in [0, 0.1) is 0 Å². The molecule has 0 bridgehead atoms. The standard InChI is InChI=1S/C16H19N5O2/c22-16(14-15(11-3-4-11)23-10-17-14)21-8-5-12(6-9-21)19-13-2-1-7-18-20-13/h1-2,7,10-12H,3-6,8-9H2,(H,19,20). The number of aromatic nitrogens is 3. The molecule has 0 radical (unpaired) electrons. The maximum Gasteiger partial charge on any atom is 0.276 e. The van der Waals surface area contributed by atoms with Gasteiger partial charge < -0.3 is 14.6 Å². The van der Waals surface area contributed by atoms with Crippen molar-refractivity contribution in [2.24, 2.45) is 0 Å². The van der Waals surface area contributed by atoms with Crippen LogP contribution in [0.5, 0.6) is 0 Å². The molecule has 2 aliphatic rings. The highest BCUT2D eigenvalue weighted by Gasteiger charge is 2.34. The van der Waals surface area contributed by atoms with Gasteiger partial charge in [-0.05, 0) is 37.8 Å². The second-order valence-electron chi connectivity index (χ2n) is 6.16. The van der Waals surface area contributed by atoms with Crippen molar-refractivity contribution in [1.29, 1.82) is 0 Å². The highest BCUT2D eigenvalue weighted by molar-refractivity contribution is 5.93. The van der Waals surface area contributed by atoms with Gasteiger partial charge in [0.05, 0.1) is 0 Å². The van der Waals surface area contributed by atoms with Crippen LogP contribution in [-0.4, -0.2) is 45.1 Å². The smallest absolute Gasteiger partial charge is 0.276 e. The summed E-state index contributed by atoms with van der Waals surface area (Å²) in [5.74, 6) is 1.95. The average molecular weight is 313 g/mol. The van der Waals surface area contributed by atoms with E-state index in [1.54, 1.807) is 6.20 Å². The second kappa shape index (κ2) is 5.98. The Bertz CT molecular complexity index is 675. The largest absolute Gasteiger partial charge is 0.447 e. The fourth-order valence-electron chi connectivity index (χ4n) is 3.02. The van der Waals surface area contributed by atoms with Crippen molar-refractivity contribution in [1.82, 2.24) is 20.1 Å². The fraction of sp³-hybridized carbons (Fsp3) is 0.500. The van der Waals surface area contributed by atoms with Crippen LogP contribution >= 0.6 is 0 Å². The topological polar surface area (TPSA) is 84.2 Å². The van der Waals surface area contributed by atoms with Gasteiger partial charge in [0.1, 0.15) is 11.6 Å². The van der Waals surface area contributed by atoms with Gasteiger partial charge in [-0.15, -0.1) is 5.10 Å². The molecule has 1 amide bonds. The van der Waals surface area contributed by atoms with Gasteiger partial charge in [0, 0.05) is 31.2 Å². The van der Waals surface area contributed by atoms with Crippen molar-refractivity contribution in [3.63, 3.8) is 0 Å². The molecule has 0 atom stereocenters. The zero-order valence-corrected chi connectivity index (χ0v) is 12.8. The van der Waals surface area contributed by atoms with Crippen LogP contribution in [0.1, 0.15) is 47.8 Å². The van der Waals surface area contributed by atoms with Crippen LogP contribution in [0.25, 0.3) is 0 Å². The number of amides is 1. The van der Waals surface area contributed by atoms with E-state index in [1.165, 1.54) is 6.39 Å². The van der Waals surface area contributed by atoms with Gasteiger partial charge in [-0.2, -0.15) is 5.10 Å². The van der Waals surface area contributed by atoms with Crippen LogP contribution in [-0.2, 0) is 0 Å². The number of nitrogens with one attached hydrogen (secondary N) is 1. The van der Waals surface area contributed by atoms with Gasteiger partial charge >= 0.3 is 0 Å². The Hall–Kier alpha value is -2.44. The van der Waals surface area contributed by atoms with Crippen molar-refractivity contribution in [3.05, 3.63) is 36.2 Å². The van der Waals surface area contributed by atoms with E-state index in [1.807, 2.05) is 17.0 Å². The third-order valence-corrected chi connectivity index (χ3v) is 4.45. The molecule has 0 unspecified atom stereocenters. The van der Waals surface area contributed by atoms with Crippen molar-refractivity contribution < 1.29 is 9.21 Å². The minimum atomic E-state index is -0.00129. The van der Waals surface area contributed by atoms with Crippen LogP contribution in [0.3, 0.4) is 0 Å². The number of piperidine rings is 1. The van der Waals surface area contributed by atoms with Crippen molar-refractivity contribution in [2.45, 2.75) is 37.6 Å². The van der Waals surface area contributed by atoms with Crippen molar-refractivity contribution in [2.75, 3.05) is 18.4 Å². The third-order valence-electron chi connectivity index (χ3n) is 4.45. The van der Waals surface area contributed by atoms with E-state index in [0.717, 1.165) is 37.3 Å². The van der Waals surface area contributed by atoms with Gasteiger partial charge in [0.15, 0.2) is 12.1 Å². The molecule has 0 spiro atoms. The first-order chi connectivity index (χ1) is 11.3. The summed E-state index contributed by atoms with van der Waals surface area (Å²) in [5.41, 5.74) is 0.507. The summed E-state index contributed by atoms with van der Waals surface area (Å²) >= 11 is 0. The molecule has 1 N–H and O–H groups in total. The lowest BCUT2D eigenvalue weighted by atomic mass is 10.0. The van der Waals surface area contributed by atoms with E-state index in [0.29, 0.717) is 30.7 Å². The quantitative estimate of drug-likeness (QED) is 0.930. The Labute approximate surface area is 134 Å². The first-order valence-corrected chi connectivity index (χ1v) is 8.08. The number of oxazole rings is 1. The van der Waals surface area contributed by atoms with E-state index in [4.69, 9.17) is 4.42 Å². The summed E-state index contributed by atoms with van der Waals surface area (Å²) in [6, 6.07) is 4.08. The molecule has 120 valence electrons. The third kappa shape index (κ3) is 3.04. The van der Waals surface area contributed by atoms with Crippen molar-refractivity contribution >= 4 is 11.7 Å². The van der Waals surface area contributed by atoms with E-state index in [-0.39, 0.29) is 5.91 Å². The summed E-state index contributed by atoms with van der Waals surface area (Å²) < 4.78 is 5.41. The Morgan fingerprint density at radius 3 is 2.78 bits per heavy atom. The molecule has 0 aromatic carbocycles. The van der Waals surface area contributed by atoms with Gasteiger partial charge in [0.25, 0.3) is 5.91 Å². The molecule has 1 aliphatic carbocycles. The first-order valence-electron chi connectivity index (χ1n) is 8.08. The number of rotatable bonds is 4. The summed E-state index contributed by atoms with van der Waals surface area (Å²) in [6.07, 6.45) is 7.02. The number of carbonyl (C=O) groups is 1. The molecule has 23 heavy (non-hydrogen) atoms. The molecular formula is C16H19N5O2. The van der Waals surface area contributed by atoms with E-state index >= 15 is 0 Å². The van der Waals surface area contributed by atoms with Crippen LogP contribution < -0.4 is 5.32 Å². The molecule has 2 aromatic rings. The molecule has 2 aromatic heterocycles. The zero-order chi connectivity index (χ0) is 15.6. The van der Waals surface area contributed by atoms with E-state index < -0.39 is 0 Å². The lowest BCUT2D eigenvalue weighted by Crippen LogP contribution is -2.42. The lowest BCUT2D eigenvalue weighted by Gasteiger charge is -2.32. The average Bonchev–Trinajstić information content (AvgIpc) is 3.33. The second-order valence-corrected chi connectivity index (χ2v) is 6.16. The normalized spacial score (nSPS) is 18.9. The minimum Gasteiger partial charge on any atom is -0.447 e. The van der Waals surface area contributed by atoms with Crippen LogP contribution in [0.4, 0.5) is 5.82 Å². The lowest BCUT2D eigenvalue weighted by molar-refractivity contribution is 0.0711. The number of likely N-dealkylation sites (tertiary alicyclic amines) is 1. The highest BCUT2D eigenvalue weighted by Crippen LogP contribution is 2.41. The van der Waals surface area contributed by atoms with Gasteiger partial charge in [-0.1, -0.05) is 0 Å². The molecule has 3 heterocycles. The SMILES string of the molecule is O=C(c1ncoc1C1CC1)N1CCC(Nc2cccnn2)CC1. The van der Waals surface area contributed by atoms with Gasteiger partial charge in [-0.3, -0.25) is 4.79 Å². The van der Waals surface area contributed by atoms with Crippen LogP contribution in [0.2, 0.25) is 0 Å². The Balaban J connectivity index is 1.35.